The Morgan fingerprint density at radius 3 is 2.86 bits per heavy atom. The maximum absolute atomic E-state index is 13.3. The molecule has 1 aromatic rings. The molecule has 0 bridgehead atoms. The fraction of sp³-hybridized carbons (Fsp3) is 0.562. The summed E-state index contributed by atoms with van der Waals surface area (Å²) in [6, 6.07) is 6.80. The normalized spacial score (nSPS) is 21.0. The maximum atomic E-state index is 13.3. The highest BCUT2D eigenvalue weighted by atomic mass is 35.5. The van der Waals surface area contributed by atoms with E-state index in [1.54, 1.807) is 6.07 Å². The lowest BCUT2D eigenvalue weighted by Crippen LogP contribution is -2.42. The number of carbonyl (C=O) groups excluding carboxylic acids is 1. The smallest absolute Gasteiger partial charge is 0.225 e. The van der Waals surface area contributed by atoms with Gasteiger partial charge < -0.3 is 15.0 Å². The summed E-state index contributed by atoms with van der Waals surface area (Å²) in [5, 5.41) is 3.24. The quantitative estimate of drug-likeness (QED) is 0.900. The molecule has 2 aliphatic rings. The molecule has 1 heterocycles. The van der Waals surface area contributed by atoms with Crippen molar-refractivity contribution in [2.24, 2.45) is 0 Å². The predicted octanol–water partition coefficient (Wildman–Crippen LogP) is 2.12. The van der Waals surface area contributed by atoms with Gasteiger partial charge in [0.15, 0.2) is 0 Å². The molecule has 4 nitrogen and oxygen atoms in total. The van der Waals surface area contributed by atoms with Crippen molar-refractivity contribution in [3.05, 3.63) is 35.6 Å². The summed E-state index contributed by atoms with van der Waals surface area (Å²) in [7, 11) is 0. The molecule has 1 aliphatic heterocycles. The molecule has 22 heavy (non-hydrogen) atoms. The van der Waals surface area contributed by atoms with E-state index in [-0.39, 0.29) is 30.2 Å². The number of nitrogens with zero attached hydrogens (tertiary/aromatic N) is 1. The van der Waals surface area contributed by atoms with Crippen LogP contribution in [0.15, 0.2) is 24.3 Å². The van der Waals surface area contributed by atoms with Gasteiger partial charge >= 0.3 is 0 Å². The number of amides is 1. The van der Waals surface area contributed by atoms with Crippen LogP contribution in [0.25, 0.3) is 0 Å². The zero-order valence-corrected chi connectivity index (χ0v) is 13.3. The zero-order chi connectivity index (χ0) is 14.7. The highest BCUT2D eigenvalue weighted by molar-refractivity contribution is 5.85. The number of carbonyl (C=O) groups is 1. The SMILES string of the molecule is Cl.O=C(CC1CNCCO1)N(Cc1cccc(F)c1)C1CC1. The molecule has 1 N–H and O–H groups in total. The van der Waals surface area contributed by atoms with Gasteiger partial charge in [0.05, 0.1) is 19.1 Å². The van der Waals surface area contributed by atoms with Crippen molar-refractivity contribution < 1.29 is 13.9 Å². The van der Waals surface area contributed by atoms with Crippen molar-refractivity contribution in [3.8, 4) is 0 Å². The molecule has 1 saturated heterocycles. The first kappa shape index (κ1) is 17.2. The number of hydrogen-bond donors (Lipinski definition) is 1. The largest absolute Gasteiger partial charge is 0.375 e. The van der Waals surface area contributed by atoms with Gasteiger partial charge in [0.1, 0.15) is 5.82 Å². The van der Waals surface area contributed by atoms with E-state index < -0.39 is 0 Å². The Morgan fingerprint density at radius 1 is 1.41 bits per heavy atom. The number of ether oxygens (including phenoxy) is 1. The number of rotatable bonds is 5. The highest BCUT2D eigenvalue weighted by Crippen LogP contribution is 2.29. The average molecular weight is 329 g/mol. The molecule has 6 heteroatoms. The molecule has 0 radical (unpaired) electrons. The van der Waals surface area contributed by atoms with Gasteiger partial charge in [-0.15, -0.1) is 12.4 Å². The number of benzene rings is 1. The molecular formula is C16H22ClFN2O2. The van der Waals surface area contributed by atoms with Gasteiger partial charge in [-0.3, -0.25) is 4.79 Å². The molecule has 0 spiro atoms. The van der Waals surface area contributed by atoms with E-state index >= 15 is 0 Å². The molecule has 3 rings (SSSR count). The van der Waals surface area contributed by atoms with Crippen LogP contribution in [0.3, 0.4) is 0 Å². The first-order valence-corrected chi connectivity index (χ1v) is 7.58. The van der Waals surface area contributed by atoms with Crippen LogP contribution in [0.5, 0.6) is 0 Å². The predicted molar refractivity (Wildman–Crippen MR) is 84.4 cm³/mol. The zero-order valence-electron chi connectivity index (χ0n) is 12.5. The lowest BCUT2D eigenvalue weighted by Gasteiger charge is -2.27. The van der Waals surface area contributed by atoms with Crippen LogP contribution in [0.2, 0.25) is 0 Å². The highest BCUT2D eigenvalue weighted by Gasteiger charge is 2.33. The Morgan fingerprint density at radius 2 is 2.23 bits per heavy atom. The minimum absolute atomic E-state index is 0. The Balaban J connectivity index is 0.00000176. The van der Waals surface area contributed by atoms with E-state index in [2.05, 4.69) is 5.32 Å². The summed E-state index contributed by atoms with van der Waals surface area (Å²) in [6.07, 6.45) is 2.45. The van der Waals surface area contributed by atoms with Crippen LogP contribution in [0.1, 0.15) is 24.8 Å². The fourth-order valence-corrected chi connectivity index (χ4v) is 2.70. The summed E-state index contributed by atoms with van der Waals surface area (Å²) >= 11 is 0. The van der Waals surface area contributed by atoms with Gasteiger partial charge in [-0.2, -0.15) is 0 Å². The van der Waals surface area contributed by atoms with Crippen molar-refractivity contribution in [1.82, 2.24) is 10.2 Å². The van der Waals surface area contributed by atoms with Gasteiger partial charge in [-0.25, -0.2) is 4.39 Å². The van der Waals surface area contributed by atoms with Crippen LogP contribution >= 0.6 is 12.4 Å². The van der Waals surface area contributed by atoms with Crippen molar-refractivity contribution in [2.45, 2.75) is 38.0 Å². The van der Waals surface area contributed by atoms with Crippen LogP contribution in [-0.4, -0.2) is 42.6 Å². The summed E-state index contributed by atoms with van der Waals surface area (Å²) in [5.41, 5.74) is 0.845. The van der Waals surface area contributed by atoms with E-state index in [1.807, 2.05) is 11.0 Å². The molecule has 0 aromatic heterocycles. The number of nitrogens with one attached hydrogen (secondary N) is 1. The standard InChI is InChI=1S/C16H21FN2O2.ClH/c17-13-3-1-2-12(8-13)11-19(14-4-5-14)16(20)9-15-10-18-6-7-21-15;/h1-3,8,14-15,18H,4-7,9-11H2;1H. The molecule has 2 fully saturated rings. The van der Waals surface area contributed by atoms with Gasteiger partial charge in [0.2, 0.25) is 5.91 Å². The minimum Gasteiger partial charge on any atom is -0.375 e. The van der Waals surface area contributed by atoms with Crippen LogP contribution in [-0.2, 0) is 16.1 Å². The lowest BCUT2D eigenvalue weighted by atomic mass is 10.1. The maximum Gasteiger partial charge on any atom is 0.225 e. The Bertz CT molecular complexity index is 505. The Labute approximate surface area is 136 Å². The topological polar surface area (TPSA) is 41.6 Å². The average Bonchev–Trinajstić information content (AvgIpc) is 3.30. The molecule has 1 amide bonds. The number of morpholine rings is 1. The van der Waals surface area contributed by atoms with Gasteiger partial charge in [-0.1, -0.05) is 12.1 Å². The molecule has 1 aromatic carbocycles. The molecule has 1 unspecified atom stereocenters. The Kier molecular flexibility index (Phi) is 6.17. The molecule has 1 saturated carbocycles. The fourth-order valence-electron chi connectivity index (χ4n) is 2.70. The number of hydrogen-bond acceptors (Lipinski definition) is 3. The first-order valence-electron chi connectivity index (χ1n) is 7.58. The van der Waals surface area contributed by atoms with Gasteiger partial charge in [0, 0.05) is 25.7 Å². The second-order valence-corrected chi connectivity index (χ2v) is 5.78. The van der Waals surface area contributed by atoms with Gasteiger partial charge in [-0.05, 0) is 30.5 Å². The second-order valence-electron chi connectivity index (χ2n) is 5.78. The summed E-state index contributed by atoms with van der Waals surface area (Å²) in [4.78, 5) is 14.4. The monoisotopic (exact) mass is 328 g/mol. The summed E-state index contributed by atoms with van der Waals surface area (Å²) in [5.74, 6) is -0.147. The van der Waals surface area contributed by atoms with Crippen molar-refractivity contribution in [1.29, 1.82) is 0 Å². The van der Waals surface area contributed by atoms with E-state index in [0.717, 1.165) is 31.5 Å². The van der Waals surface area contributed by atoms with Crippen molar-refractivity contribution >= 4 is 18.3 Å². The molecule has 1 atom stereocenters. The third-order valence-corrected chi connectivity index (χ3v) is 3.96. The second kappa shape index (κ2) is 7.90. The van der Waals surface area contributed by atoms with Crippen molar-refractivity contribution in [3.63, 3.8) is 0 Å². The van der Waals surface area contributed by atoms with Crippen LogP contribution in [0, 0.1) is 5.82 Å². The first-order chi connectivity index (χ1) is 10.2. The molecule has 122 valence electrons. The van der Waals surface area contributed by atoms with Crippen LogP contribution < -0.4 is 5.32 Å². The van der Waals surface area contributed by atoms with E-state index in [0.29, 0.717) is 25.6 Å². The van der Waals surface area contributed by atoms with Gasteiger partial charge in [0.25, 0.3) is 0 Å². The summed E-state index contributed by atoms with van der Waals surface area (Å²) < 4.78 is 18.9. The van der Waals surface area contributed by atoms with Crippen molar-refractivity contribution in [2.75, 3.05) is 19.7 Å². The van der Waals surface area contributed by atoms with E-state index in [1.165, 1.54) is 12.1 Å². The molecule has 1 aliphatic carbocycles. The van der Waals surface area contributed by atoms with E-state index in [9.17, 15) is 9.18 Å². The van der Waals surface area contributed by atoms with E-state index in [4.69, 9.17) is 4.74 Å². The summed E-state index contributed by atoms with van der Waals surface area (Å²) in [6.45, 7) is 2.72. The third-order valence-electron chi connectivity index (χ3n) is 3.96. The Hall–Kier alpha value is -1.17. The van der Waals surface area contributed by atoms with Crippen LogP contribution in [0.4, 0.5) is 4.39 Å². The number of halogens is 2. The molecular weight excluding hydrogens is 307 g/mol. The minimum atomic E-state index is -0.254. The third kappa shape index (κ3) is 4.66. The lowest BCUT2D eigenvalue weighted by molar-refractivity contribution is -0.136.